The molecule has 0 aliphatic rings. The van der Waals surface area contributed by atoms with Crippen molar-refractivity contribution in [3.63, 3.8) is 0 Å². The number of rotatable bonds is 3. The van der Waals surface area contributed by atoms with Crippen LogP contribution >= 0.6 is 43.5 Å². The molecule has 2 aromatic rings. The molecule has 0 radical (unpaired) electrons. The zero-order valence-electron chi connectivity index (χ0n) is 10.0. The lowest BCUT2D eigenvalue weighted by molar-refractivity contribution is 0.548. The van der Waals surface area contributed by atoms with Gasteiger partial charge in [0, 0.05) is 10.5 Å². The number of hydrogen-bond donors (Lipinski definition) is 1. The van der Waals surface area contributed by atoms with Crippen molar-refractivity contribution in [2.24, 2.45) is 0 Å². The van der Waals surface area contributed by atoms with Gasteiger partial charge >= 0.3 is 0 Å². The van der Waals surface area contributed by atoms with Gasteiger partial charge in [0.15, 0.2) is 0 Å². The van der Waals surface area contributed by atoms with Crippen LogP contribution in [0.25, 0.3) is 0 Å². The third-order valence-corrected chi connectivity index (χ3v) is 6.15. The Morgan fingerprint density at radius 3 is 2.43 bits per heavy atom. The molecule has 3 nitrogen and oxygen atoms in total. The number of nitrogens with one attached hydrogen (secondary N) is 1. The summed E-state index contributed by atoms with van der Waals surface area (Å²) in [6, 6.07) is 5.89. The minimum absolute atomic E-state index is 0.137. The normalized spacial score (nSPS) is 11.5. The summed E-state index contributed by atoms with van der Waals surface area (Å²) in [5, 5.41) is 0.286. The number of hydrogen-bond acceptors (Lipinski definition) is 2. The highest BCUT2D eigenvalue weighted by Gasteiger charge is 2.24. The first-order chi connectivity index (χ1) is 9.72. The molecule has 0 fully saturated rings. The quantitative estimate of drug-likeness (QED) is 0.704. The molecular formula is C12H6Br2ClF2NO2S. The van der Waals surface area contributed by atoms with Crippen molar-refractivity contribution in [3.05, 3.63) is 55.9 Å². The van der Waals surface area contributed by atoms with Gasteiger partial charge in [-0.1, -0.05) is 17.7 Å². The first-order valence-corrected chi connectivity index (χ1v) is 8.78. The Morgan fingerprint density at radius 1 is 1.14 bits per heavy atom. The van der Waals surface area contributed by atoms with Crippen LogP contribution in [-0.2, 0) is 10.0 Å². The molecular weight excluding hydrogens is 455 g/mol. The van der Waals surface area contributed by atoms with Crippen LogP contribution in [0.5, 0.6) is 0 Å². The second-order valence-electron chi connectivity index (χ2n) is 3.91. The van der Waals surface area contributed by atoms with Gasteiger partial charge in [0.1, 0.15) is 16.5 Å². The Morgan fingerprint density at radius 2 is 1.81 bits per heavy atom. The highest BCUT2D eigenvalue weighted by atomic mass is 79.9. The van der Waals surface area contributed by atoms with Crippen LogP contribution in [0.15, 0.2) is 44.2 Å². The van der Waals surface area contributed by atoms with Crippen molar-refractivity contribution < 1.29 is 17.2 Å². The fourth-order valence-electron chi connectivity index (χ4n) is 1.56. The Balaban J connectivity index is 2.51. The van der Waals surface area contributed by atoms with Crippen molar-refractivity contribution in [3.8, 4) is 0 Å². The zero-order chi connectivity index (χ0) is 15.8. The van der Waals surface area contributed by atoms with Gasteiger partial charge in [-0.3, -0.25) is 4.72 Å². The molecule has 21 heavy (non-hydrogen) atoms. The zero-order valence-corrected chi connectivity index (χ0v) is 14.7. The van der Waals surface area contributed by atoms with Gasteiger partial charge < -0.3 is 0 Å². The van der Waals surface area contributed by atoms with Crippen molar-refractivity contribution in [1.29, 1.82) is 0 Å². The number of benzene rings is 2. The Hall–Kier alpha value is -0.700. The highest BCUT2D eigenvalue weighted by Crippen LogP contribution is 2.33. The van der Waals surface area contributed by atoms with E-state index in [0.29, 0.717) is 10.5 Å². The van der Waals surface area contributed by atoms with Gasteiger partial charge in [-0.2, -0.15) is 0 Å². The minimum atomic E-state index is -4.26. The van der Waals surface area contributed by atoms with E-state index < -0.39 is 26.6 Å². The van der Waals surface area contributed by atoms with E-state index in [9.17, 15) is 17.2 Å². The fraction of sp³-hybridized carbons (Fsp3) is 0. The van der Waals surface area contributed by atoms with E-state index in [-0.39, 0.29) is 15.2 Å². The van der Waals surface area contributed by atoms with Gasteiger partial charge in [0.25, 0.3) is 10.0 Å². The van der Waals surface area contributed by atoms with E-state index in [0.717, 1.165) is 6.07 Å². The molecule has 0 saturated carbocycles. The average Bonchev–Trinajstić information content (AvgIpc) is 2.33. The lowest BCUT2D eigenvalue weighted by Crippen LogP contribution is -2.16. The van der Waals surface area contributed by atoms with Crippen LogP contribution in [0.1, 0.15) is 0 Å². The van der Waals surface area contributed by atoms with Gasteiger partial charge in [0.05, 0.1) is 15.2 Å². The van der Waals surface area contributed by atoms with E-state index in [1.54, 1.807) is 6.07 Å². The lowest BCUT2D eigenvalue weighted by atomic mass is 10.3. The van der Waals surface area contributed by atoms with Gasteiger partial charge in [-0.25, -0.2) is 17.2 Å². The van der Waals surface area contributed by atoms with Crippen molar-refractivity contribution in [2.45, 2.75) is 4.90 Å². The molecule has 0 aromatic heterocycles. The summed E-state index contributed by atoms with van der Waals surface area (Å²) in [4.78, 5) is -0.684. The molecule has 0 bridgehead atoms. The maximum atomic E-state index is 13.8. The number of halogens is 5. The molecule has 0 atom stereocenters. The van der Waals surface area contributed by atoms with Crippen molar-refractivity contribution >= 4 is 59.2 Å². The average molecular weight is 462 g/mol. The summed E-state index contributed by atoms with van der Waals surface area (Å²) in [6.07, 6.45) is 0. The van der Waals surface area contributed by atoms with Crippen LogP contribution in [-0.4, -0.2) is 8.42 Å². The number of sulfonamides is 1. The predicted octanol–water partition coefficient (Wildman–Crippen LogP) is 4.94. The van der Waals surface area contributed by atoms with E-state index in [4.69, 9.17) is 11.6 Å². The van der Waals surface area contributed by atoms with E-state index in [2.05, 4.69) is 36.6 Å². The molecule has 1 N–H and O–H groups in total. The Labute approximate surface area is 141 Å². The third-order valence-electron chi connectivity index (χ3n) is 2.43. The van der Waals surface area contributed by atoms with E-state index >= 15 is 0 Å². The van der Waals surface area contributed by atoms with Gasteiger partial charge in [0.2, 0.25) is 0 Å². The second kappa shape index (κ2) is 6.20. The van der Waals surface area contributed by atoms with E-state index in [1.807, 2.05) is 0 Å². The summed E-state index contributed by atoms with van der Waals surface area (Å²) < 4.78 is 53.6. The third kappa shape index (κ3) is 3.56. The summed E-state index contributed by atoms with van der Waals surface area (Å²) in [6.45, 7) is 0. The van der Waals surface area contributed by atoms with Crippen LogP contribution in [0.4, 0.5) is 14.5 Å². The smallest absolute Gasteiger partial charge is 0.265 e. The summed E-state index contributed by atoms with van der Waals surface area (Å²) >= 11 is 11.8. The predicted molar refractivity (Wildman–Crippen MR) is 84.0 cm³/mol. The molecule has 2 aromatic carbocycles. The van der Waals surface area contributed by atoms with Crippen LogP contribution in [0.3, 0.4) is 0 Å². The summed E-state index contributed by atoms with van der Waals surface area (Å²) in [7, 11) is -4.26. The SMILES string of the molecule is O=S(=O)(Nc1cccc(Cl)c1Br)c1c(F)cc(F)cc1Br. The van der Waals surface area contributed by atoms with E-state index in [1.165, 1.54) is 12.1 Å². The molecule has 112 valence electrons. The summed E-state index contributed by atoms with van der Waals surface area (Å²) in [5.74, 6) is -2.09. The van der Waals surface area contributed by atoms with Crippen LogP contribution < -0.4 is 4.72 Å². The molecule has 0 aliphatic heterocycles. The Kier molecular flexibility index (Phi) is 4.92. The standard InChI is InChI=1S/C12H6Br2ClF2NO2S/c13-7-4-6(16)5-9(17)12(7)21(19,20)18-10-3-1-2-8(15)11(10)14/h1-5,18H. The molecule has 0 heterocycles. The molecule has 0 spiro atoms. The molecule has 9 heteroatoms. The first-order valence-electron chi connectivity index (χ1n) is 5.34. The summed E-state index contributed by atoms with van der Waals surface area (Å²) in [5.41, 5.74) is 0.137. The van der Waals surface area contributed by atoms with Gasteiger partial charge in [-0.15, -0.1) is 0 Å². The molecule has 0 amide bonds. The highest BCUT2D eigenvalue weighted by molar-refractivity contribution is 9.11. The maximum Gasteiger partial charge on any atom is 0.265 e. The Bertz CT molecular complexity index is 792. The van der Waals surface area contributed by atoms with Crippen molar-refractivity contribution in [2.75, 3.05) is 4.72 Å². The van der Waals surface area contributed by atoms with Crippen molar-refractivity contribution in [1.82, 2.24) is 0 Å². The topological polar surface area (TPSA) is 46.2 Å². The second-order valence-corrected chi connectivity index (χ2v) is 7.58. The monoisotopic (exact) mass is 459 g/mol. The maximum absolute atomic E-state index is 13.8. The van der Waals surface area contributed by atoms with Crippen LogP contribution in [0, 0.1) is 11.6 Å². The molecule has 2 rings (SSSR count). The minimum Gasteiger partial charge on any atom is -0.278 e. The lowest BCUT2D eigenvalue weighted by Gasteiger charge is -2.12. The largest absolute Gasteiger partial charge is 0.278 e. The fourth-order valence-corrected chi connectivity index (χ4v) is 4.47. The first kappa shape index (κ1) is 16.7. The molecule has 0 aliphatic carbocycles. The number of anilines is 1. The van der Waals surface area contributed by atoms with Gasteiger partial charge in [-0.05, 0) is 50.1 Å². The van der Waals surface area contributed by atoms with Crippen LogP contribution in [0.2, 0.25) is 5.02 Å². The molecule has 0 unspecified atom stereocenters. The molecule has 0 saturated heterocycles.